The van der Waals surface area contributed by atoms with E-state index in [1.165, 1.54) is 36.1 Å². The summed E-state index contributed by atoms with van der Waals surface area (Å²) in [6, 6.07) is 12.9. The van der Waals surface area contributed by atoms with Gasteiger partial charge in [-0.1, -0.05) is 25.1 Å². The molecular formula is C25H28FN3O. The van der Waals surface area contributed by atoms with Gasteiger partial charge in [0.15, 0.2) is 0 Å². The fraction of sp³-hybridized carbons (Fsp3) is 0.360. The van der Waals surface area contributed by atoms with Crippen LogP contribution in [0.25, 0.3) is 0 Å². The Labute approximate surface area is 177 Å². The first-order valence-electron chi connectivity index (χ1n) is 10.6. The second-order valence-corrected chi connectivity index (χ2v) is 8.25. The van der Waals surface area contributed by atoms with Gasteiger partial charge in [-0.05, 0) is 72.6 Å². The summed E-state index contributed by atoms with van der Waals surface area (Å²) in [6.45, 7) is 2.38. The molecule has 3 aromatic rings. The lowest BCUT2D eigenvalue weighted by Gasteiger charge is -2.26. The minimum Gasteiger partial charge on any atom is -0.337 e. The topological polar surface area (TPSA) is 38.1 Å². The monoisotopic (exact) mass is 405 g/mol. The van der Waals surface area contributed by atoms with E-state index in [1.807, 2.05) is 35.7 Å². The Kier molecular flexibility index (Phi) is 5.98. The third-order valence-corrected chi connectivity index (χ3v) is 6.06. The fourth-order valence-electron chi connectivity index (χ4n) is 4.20. The molecule has 1 aromatic heterocycles. The number of amides is 1. The Morgan fingerprint density at radius 1 is 1.17 bits per heavy atom. The van der Waals surface area contributed by atoms with E-state index in [9.17, 15) is 9.18 Å². The van der Waals surface area contributed by atoms with Crippen molar-refractivity contribution in [2.24, 2.45) is 7.05 Å². The molecule has 1 heterocycles. The van der Waals surface area contributed by atoms with E-state index in [2.05, 4.69) is 23.2 Å². The van der Waals surface area contributed by atoms with Gasteiger partial charge in [-0.2, -0.15) is 0 Å². The number of hydrogen-bond acceptors (Lipinski definition) is 2. The van der Waals surface area contributed by atoms with Crippen LogP contribution in [-0.2, 0) is 31.2 Å². The van der Waals surface area contributed by atoms with Crippen molar-refractivity contribution in [2.45, 2.75) is 51.5 Å². The van der Waals surface area contributed by atoms with Gasteiger partial charge >= 0.3 is 0 Å². The number of aromatic nitrogens is 2. The van der Waals surface area contributed by atoms with Crippen LogP contribution < -0.4 is 4.90 Å². The largest absolute Gasteiger partial charge is 0.337 e. The van der Waals surface area contributed by atoms with E-state index in [0.717, 1.165) is 29.9 Å². The van der Waals surface area contributed by atoms with Gasteiger partial charge in [0.1, 0.15) is 11.6 Å². The maximum Gasteiger partial charge on any atom is 0.228 e. The average molecular weight is 406 g/mol. The Morgan fingerprint density at radius 2 is 1.97 bits per heavy atom. The molecule has 0 spiro atoms. The first-order valence-corrected chi connectivity index (χ1v) is 10.6. The number of anilines is 1. The summed E-state index contributed by atoms with van der Waals surface area (Å²) in [6.07, 6.45) is 8.55. The lowest BCUT2D eigenvalue weighted by Crippen LogP contribution is -2.32. The summed E-state index contributed by atoms with van der Waals surface area (Å²) >= 11 is 0. The van der Waals surface area contributed by atoms with Crippen LogP contribution in [0.15, 0.2) is 54.9 Å². The Hall–Kier alpha value is -2.95. The van der Waals surface area contributed by atoms with Gasteiger partial charge < -0.3 is 9.47 Å². The van der Waals surface area contributed by atoms with Crippen molar-refractivity contribution in [1.82, 2.24) is 9.55 Å². The summed E-state index contributed by atoms with van der Waals surface area (Å²) in [4.78, 5) is 19.7. The van der Waals surface area contributed by atoms with Crippen molar-refractivity contribution >= 4 is 11.6 Å². The Bertz CT molecular complexity index is 1040. The maximum atomic E-state index is 13.6. The van der Waals surface area contributed by atoms with E-state index >= 15 is 0 Å². The summed E-state index contributed by atoms with van der Waals surface area (Å²) in [7, 11) is 1.94. The predicted octanol–water partition coefficient (Wildman–Crippen LogP) is 5.17. The third kappa shape index (κ3) is 4.45. The minimum atomic E-state index is -0.272. The van der Waals surface area contributed by atoms with E-state index in [-0.39, 0.29) is 17.6 Å². The van der Waals surface area contributed by atoms with Crippen molar-refractivity contribution in [3.05, 3.63) is 83.2 Å². The quantitative estimate of drug-likeness (QED) is 0.568. The van der Waals surface area contributed by atoms with Gasteiger partial charge in [0.2, 0.25) is 5.91 Å². The molecule has 156 valence electrons. The molecule has 0 saturated carbocycles. The standard InChI is InChI=1S/C25H28FN3O/c1-18(20-8-5-9-22(26)15-20)14-25(30)29(17-24-27-12-13-28(24)2)23-11-10-19-6-3-4-7-21(19)16-23/h5,8-13,15-16,18H,3-4,6-7,14,17H2,1-2H3. The number of imidazole rings is 1. The zero-order valence-corrected chi connectivity index (χ0v) is 17.6. The van der Waals surface area contributed by atoms with Gasteiger partial charge in [0.25, 0.3) is 0 Å². The third-order valence-electron chi connectivity index (χ3n) is 6.06. The van der Waals surface area contributed by atoms with E-state index < -0.39 is 0 Å². The highest BCUT2D eigenvalue weighted by Gasteiger charge is 2.22. The normalized spacial score (nSPS) is 14.2. The van der Waals surface area contributed by atoms with Crippen LogP contribution in [0, 0.1) is 5.82 Å². The summed E-state index contributed by atoms with van der Waals surface area (Å²) in [5.74, 6) is 0.506. The zero-order valence-electron chi connectivity index (χ0n) is 17.6. The SMILES string of the molecule is CC(CC(=O)N(Cc1nccn1C)c1ccc2c(c1)CCCC2)c1cccc(F)c1. The molecule has 4 rings (SSSR count). The number of hydrogen-bond donors (Lipinski definition) is 0. The van der Waals surface area contributed by atoms with Gasteiger partial charge in [-0.3, -0.25) is 4.79 Å². The van der Waals surface area contributed by atoms with Crippen LogP contribution in [0.4, 0.5) is 10.1 Å². The molecule has 1 amide bonds. The smallest absolute Gasteiger partial charge is 0.228 e. The van der Waals surface area contributed by atoms with Crippen molar-refractivity contribution in [3.8, 4) is 0 Å². The molecule has 0 fully saturated rings. The van der Waals surface area contributed by atoms with Crippen LogP contribution >= 0.6 is 0 Å². The van der Waals surface area contributed by atoms with Crippen LogP contribution in [0.2, 0.25) is 0 Å². The molecule has 0 aliphatic heterocycles. The van der Waals surface area contributed by atoms with Gasteiger partial charge in [0, 0.05) is 31.5 Å². The van der Waals surface area contributed by atoms with Crippen LogP contribution in [0.5, 0.6) is 0 Å². The zero-order chi connectivity index (χ0) is 21.1. The fourth-order valence-corrected chi connectivity index (χ4v) is 4.20. The number of nitrogens with zero attached hydrogens (tertiary/aromatic N) is 3. The summed E-state index contributed by atoms with van der Waals surface area (Å²) in [5.41, 5.74) is 4.48. The second kappa shape index (κ2) is 8.82. The molecule has 1 aliphatic carbocycles. The van der Waals surface area contributed by atoms with Crippen LogP contribution in [-0.4, -0.2) is 15.5 Å². The molecule has 1 aliphatic rings. The molecule has 0 N–H and O–H groups in total. The lowest BCUT2D eigenvalue weighted by atomic mass is 9.91. The molecule has 1 unspecified atom stereocenters. The molecular weight excluding hydrogens is 377 g/mol. The average Bonchev–Trinajstić information content (AvgIpc) is 3.16. The molecule has 5 heteroatoms. The highest BCUT2D eigenvalue weighted by molar-refractivity contribution is 5.93. The highest BCUT2D eigenvalue weighted by Crippen LogP contribution is 2.29. The second-order valence-electron chi connectivity index (χ2n) is 8.25. The molecule has 0 radical (unpaired) electrons. The van der Waals surface area contributed by atoms with Crippen LogP contribution in [0.1, 0.15) is 54.6 Å². The van der Waals surface area contributed by atoms with E-state index in [0.29, 0.717) is 13.0 Å². The first-order chi connectivity index (χ1) is 14.5. The van der Waals surface area contributed by atoms with Crippen molar-refractivity contribution in [1.29, 1.82) is 0 Å². The summed E-state index contributed by atoms with van der Waals surface area (Å²) < 4.78 is 15.6. The van der Waals surface area contributed by atoms with Crippen molar-refractivity contribution < 1.29 is 9.18 Å². The first kappa shape index (κ1) is 20.3. The number of rotatable bonds is 6. The molecule has 1 atom stereocenters. The lowest BCUT2D eigenvalue weighted by molar-refractivity contribution is -0.119. The van der Waals surface area contributed by atoms with Gasteiger partial charge in [0.05, 0.1) is 6.54 Å². The van der Waals surface area contributed by atoms with Gasteiger partial charge in [-0.15, -0.1) is 0 Å². The Balaban J connectivity index is 1.61. The van der Waals surface area contributed by atoms with Gasteiger partial charge in [-0.25, -0.2) is 9.37 Å². The number of halogens is 1. The van der Waals surface area contributed by atoms with Crippen LogP contribution in [0.3, 0.4) is 0 Å². The van der Waals surface area contributed by atoms with E-state index in [1.54, 1.807) is 12.3 Å². The molecule has 4 nitrogen and oxygen atoms in total. The number of fused-ring (bicyclic) bond motifs is 1. The molecule has 30 heavy (non-hydrogen) atoms. The number of benzene rings is 2. The minimum absolute atomic E-state index is 0.0190. The highest BCUT2D eigenvalue weighted by atomic mass is 19.1. The number of carbonyl (C=O) groups is 1. The van der Waals surface area contributed by atoms with Crippen molar-refractivity contribution in [3.63, 3.8) is 0 Å². The number of carbonyl (C=O) groups excluding carboxylic acids is 1. The molecule has 0 bridgehead atoms. The van der Waals surface area contributed by atoms with E-state index in [4.69, 9.17) is 0 Å². The molecule has 0 saturated heterocycles. The predicted molar refractivity (Wildman–Crippen MR) is 117 cm³/mol. The Morgan fingerprint density at radius 3 is 2.70 bits per heavy atom. The maximum absolute atomic E-state index is 13.6. The van der Waals surface area contributed by atoms with Crippen molar-refractivity contribution in [2.75, 3.05) is 4.90 Å². The molecule has 2 aromatic carbocycles. The summed E-state index contributed by atoms with van der Waals surface area (Å²) in [5, 5.41) is 0. The number of aryl methyl sites for hydroxylation is 3.